The molecule has 1 N–H and O–H groups in total. The van der Waals surface area contributed by atoms with E-state index in [9.17, 15) is 9.59 Å². The first-order valence-electron chi connectivity index (χ1n) is 13.1. The Morgan fingerprint density at radius 1 is 0.919 bits per heavy atom. The zero-order valence-corrected chi connectivity index (χ0v) is 21.5. The minimum atomic E-state index is -1.20. The number of aromatic nitrogens is 1. The monoisotopic (exact) mass is 511 g/mol. The second kappa shape index (κ2) is 9.71. The van der Waals surface area contributed by atoms with Gasteiger partial charge < -0.3 is 14.8 Å². The Morgan fingerprint density at radius 2 is 1.62 bits per heavy atom. The van der Waals surface area contributed by atoms with Gasteiger partial charge in [-0.2, -0.15) is 0 Å². The Kier molecular flexibility index (Phi) is 6.25. The fraction of sp³-hybridized carbons (Fsp3) is 0.290. The zero-order chi connectivity index (χ0) is 25.4. The Balaban J connectivity index is 1.53. The predicted molar refractivity (Wildman–Crippen MR) is 146 cm³/mol. The van der Waals surface area contributed by atoms with Crippen LogP contribution in [0.3, 0.4) is 0 Å². The summed E-state index contributed by atoms with van der Waals surface area (Å²) in [7, 11) is 0. The summed E-state index contributed by atoms with van der Waals surface area (Å²) < 4.78 is 2.03. The molecule has 1 aliphatic heterocycles. The smallest absolute Gasteiger partial charge is 0.272 e. The maximum atomic E-state index is 14.5. The molecule has 6 rings (SSSR count). The van der Waals surface area contributed by atoms with Crippen LogP contribution in [0.2, 0.25) is 5.02 Å². The van der Waals surface area contributed by atoms with Gasteiger partial charge in [0.15, 0.2) is 5.54 Å². The zero-order valence-electron chi connectivity index (χ0n) is 20.7. The number of halogens is 1. The van der Waals surface area contributed by atoms with Crippen LogP contribution in [-0.4, -0.2) is 27.3 Å². The van der Waals surface area contributed by atoms with E-state index in [1.807, 2.05) is 89.5 Å². The molecule has 1 aromatic heterocycles. The molecule has 5 nitrogen and oxygen atoms in total. The highest BCUT2D eigenvalue weighted by molar-refractivity contribution is 6.30. The van der Waals surface area contributed by atoms with E-state index in [-0.39, 0.29) is 17.9 Å². The van der Waals surface area contributed by atoms with Crippen LogP contribution in [0.25, 0.3) is 10.9 Å². The summed E-state index contributed by atoms with van der Waals surface area (Å²) in [4.78, 5) is 30.6. The number of para-hydroxylation sites is 1. The summed E-state index contributed by atoms with van der Waals surface area (Å²) in [5.74, 6) is -0.267. The van der Waals surface area contributed by atoms with E-state index in [0.29, 0.717) is 23.8 Å². The van der Waals surface area contributed by atoms with Crippen molar-refractivity contribution in [1.29, 1.82) is 0 Å². The van der Waals surface area contributed by atoms with Gasteiger partial charge in [0.1, 0.15) is 5.69 Å². The molecule has 0 bridgehead atoms. The first kappa shape index (κ1) is 23.8. The quantitative estimate of drug-likeness (QED) is 0.342. The van der Waals surface area contributed by atoms with Gasteiger partial charge in [-0.3, -0.25) is 9.59 Å². The number of nitrogens with zero attached hydrogens (tertiary/aromatic N) is 2. The molecule has 1 unspecified atom stereocenters. The number of carbonyl (C=O) groups excluding carboxylic acids is 2. The van der Waals surface area contributed by atoms with Crippen molar-refractivity contribution in [2.24, 2.45) is 0 Å². The van der Waals surface area contributed by atoms with Gasteiger partial charge >= 0.3 is 0 Å². The first-order valence-corrected chi connectivity index (χ1v) is 13.5. The highest BCUT2D eigenvalue weighted by atomic mass is 35.5. The highest BCUT2D eigenvalue weighted by Gasteiger charge is 2.52. The molecular weight excluding hydrogens is 482 g/mol. The van der Waals surface area contributed by atoms with Crippen LogP contribution >= 0.6 is 11.6 Å². The second-order valence-electron chi connectivity index (χ2n) is 10.2. The molecular formula is C31H30ClN3O2. The molecule has 3 aromatic carbocycles. The number of nitrogens with one attached hydrogen (secondary N) is 1. The molecule has 1 saturated carbocycles. The van der Waals surface area contributed by atoms with Gasteiger partial charge in [-0.25, -0.2) is 0 Å². The molecule has 4 aromatic rings. The minimum absolute atomic E-state index is 0.114. The van der Waals surface area contributed by atoms with Crippen molar-refractivity contribution in [2.75, 3.05) is 0 Å². The van der Waals surface area contributed by atoms with E-state index in [1.54, 1.807) is 4.90 Å². The maximum Gasteiger partial charge on any atom is 0.272 e. The summed E-state index contributed by atoms with van der Waals surface area (Å²) in [6.45, 7) is 0.641. The Hall–Kier alpha value is -3.57. The van der Waals surface area contributed by atoms with Crippen LogP contribution in [-0.2, 0) is 23.4 Å². The molecule has 188 valence electrons. The van der Waals surface area contributed by atoms with Crippen LogP contribution in [0.1, 0.15) is 53.7 Å². The summed E-state index contributed by atoms with van der Waals surface area (Å²) >= 11 is 6.16. The van der Waals surface area contributed by atoms with E-state index in [1.165, 1.54) is 6.42 Å². The van der Waals surface area contributed by atoms with Crippen LogP contribution in [0.15, 0.2) is 84.9 Å². The van der Waals surface area contributed by atoms with E-state index in [0.717, 1.165) is 47.7 Å². The Labute approximate surface area is 222 Å². The number of hydrogen-bond donors (Lipinski definition) is 1. The van der Waals surface area contributed by atoms with Gasteiger partial charge in [0, 0.05) is 28.5 Å². The minimum Gasteiger partial charge on any atom is -0.351 e. The van der Waals surface area contributed by atoms with Gasteiger partial charge in [0.2, 0.25) is 0 Å². The molecule has 6 heteroatoms. The molecule has 2 aliphatic rings. The number of hydrogen-bond acceptors (Lipinski definition) is 2. The third-order valence-corrected chi connectivity index (χ3v) is 8.20. The molecule has 2 heterocycles. The van der Waals surface area contributed by atoms with Crippen LogP contribution in [0, 0.1) is 0 Å². The van der Waals surface area contributed by atoms with Crippen molar-refractivity contribution in [3.63, 3.8) is 0 Å². The second-order valence-corrected chi connectivity index (χ2v) is 10.7. The number of carbonyl (C=O) groups is 2. The molecule has 1 fully saturated rings. The fourth-order valence-electron chi connectivity index (χ4n) is 6.00. The van der Waals surface area contributed by atoms with Gasteiger partial charge in [-0.1, -0.05) is 91.5 Å². The lowest BCUT2D eigenvalue weighted by Crippen LogP contribution is -2.64. The largest absolute Gasteiger partial charge is 0.351 e. The van der Waals surface area contributed by atoms with Gasteiger partial charge in [0.25, 0.3) is 11.8 Å². The average molecular weight is 512 g/mol. The number of benzene rings is 3. The molecule has 2 amide bonds. The summed E-state index contributed by atoms with van der Waals surface area (Å²) in [6.07, 6.45) is 5.38. The highest BCUT2D eigenvalue weighted by Crippen LogP contribution is 2.40. The molecule has 0 saturated heterocycles. The lowest BCUT2D eigenvalue weighted by atomic mass is 9.83. The third kappa shape index (κ3) is 4.21. The summed E-state index contributed by atoms with van der Waals surface area (Å²) in [6, 6.07) is 27.3. The molecule has 0 spiro atoms. The lowest BCUT2D eigenvalue weighted by Gasteiger charge is -2.47. The van der Waals surface area contributed by atoms with Crippen LogP contribution < -0.4 is 5.32 Å². The van der Waals surface area contributed by atoms with Crippen molar-refractivity contribution >= 4 is 34.3 Å². The number of amides is 2. The standard InChI is InChI=1S/C31H30ClN3O2/c32-25-17-15-22(16-18-25)20-35-29(36)28-19-23-9-7-8-14-27(23)34(28)21-31(35,24-10-3-1-4-11-24)30(37)33-26-12-5-2-6-13-26/h1,3-4,7-11,14-19,26H,2,5-6,12-13,20-21H2,(H,33,37). The van der Waals surface area contributed by atoms with E-state index in [4.69, 9.17) is 11.6 Å². The van der Waals surface area contributed by atoms with Crippen LogP contribution in [0.5, 0.6) is 0 Å². The van der Waals surface area contributed by atoms with Crippen molar-refractivity contribution in [3.8, 4) is 0 Å². The van der Waals surface area contributed by atoms with Gasteiger partial charge in [-0.15, -0.1) is 0 Å². The normalized spacial score (nSPS) is 20.1. The van der Waals surface area contributed by atoms with Crippen molar-refractivity contribution in [1.82, 2.24) is 14.8 Å². The van der Waals surface area contributed by atoms with Gasteiger partial charge in [-0.05, 0) is 48.2 Å². The molecule has 0 radical (unpaired) electrons. The Bertz CT molecular complexity index is 1440. The van der Waals surface area contributed by atoms with Crippen molar-refractivity contribution < 1.29 is 9.59 Å². The predicted octanol–water partition coefficient (Wildman–Crippen LogP) is 6.30. The summed E-state index contributed by atoms with van der Waals surface area (Å²) in [5, 5.41) is 5.01. The topological polar surface area (TPSA) is 54.3 Å². The van der Waals surface area contributed by atoms with E-state index >= 15 is 0 Å². The average Bonchev–Trinajstić information content (AvgIpc) is 3.31. The van der Waals surface area contributed by atoms with Crippen LogP contribution in [0.4, 0.5) is 0 Å². The number of fused-ring (bicyclic) bond motifs is 3. The first-order chi connectivity index (χ1) is 18.1. The van der Waals surface area contributed by atoms with Crippen molar-refractivity contribution in [3.05, 3.63) is 107 Å². The Morgan fingerprint density at radius 3 is 2.38 bits per heavy atom. The lowest BCUT2D eigenvalue weighted by molar-refractivity contribution is -0.136. The molecule has 1 atom stereocenters. The van der Waals surface area contributed by atoms with Crippen molar-refractivity contribution in [2.45, 2.75) is 56.8 Å². The van der Waals surface area contributed by atoms with E-state index < -0.39 is 5.54 Å². The third-order valence-electron chi connectivity index (χ3n) is 7.94. The SMILES string of the molecule is O=C1c2cc3ccccc3n2CC(C(=O)NC2CCCCC2)(c2ccccc2)N1Cc1ccc(Cl)cc1. The van der Waals surface area contributed by atoms with E-state index in [2.05, 4.69) is 5.32 Å². The molecule has 37 heavy (non-hydrogen) atoms. The summed E-state index contributed by atoms with van der Waals surface area (Å²) in [5.41, 5.74) is 2.10. The van der Waals surface area contributed by atoms with Gasteiger partial charge in [0.05, 0.1) is 6.54 Å². The fourth-order valence-corrected chi connectivity index (χ4v) is 6.13. The number of rotatable bonds is 5. The molecule has 1 aliphatic carbocycles. The maximum absolute atomic E-state index is 14.5.